The first-order chi connectivity index (χ1) is 13.4. The minimum Gasteiger partial charge on any atom is -0.507 e. The number of hydrogen-bond acceptors (Lipinski definition) is 4. The summed E-state index contributed by atoms with van der Waals surface area (Å²) >= 11 is 0. The average molecular weight is 387 g/mol. The van der Waals surface area contributed by atoms with Gasteiger partial charge < -0.3 is 19.5 Å². The molecule has 0 fully saturated rings. The monoisotopic (exact) mass is 387 g/mol. The lowest BCUT2D eigenvalue weighted by atomic mass is 10.0. The molecular weight excluding hydrogens is 368 g/mol. The van der Waals surface area contributed by atoms with Gasteiger partial charge in [-0.05, 0) is 40.6 Å². The normalized spacial score (nSPS) is 10.9. The summed E-state index contributed by atoms with van der Waals surface area (Å²) in [5.41, 5.74) is 0.848. The lowest BCUT2D eigenvalue weighted by Crippen LogP contribution is -2.26. The van der Waals surface area contributed by atoms with Crippen molar-refractivity contribution in [2.75, 3.05) is 14.2 Å². The molecule has 3 rings (SSSR count). The van der Waals surface area contributed by atoms with E-state index in [1.807, 2.05) is 24.3 Å². The average Bonchev–Trinajstić information content (AvgIpc) is 2.67. The number of halogens is 2. The van der Waals surface area contributed by atoms with Crippen LogP contribution in [0.2, 0.25) is 0 Å². The number of rotatable bonds is 6. The van der Waals surface area contributed by atoms with Crippen LogP contribution in [-0.2, 0) is 6.54 Å². The van der Waals surface area contributed by atoms with E-state index in [0.29, 0.717) is 5.56 Å². The number of nitrogens with zero attached hydrogens (tertiary/aromatic N) is 1. The van der Waals surface area contributed by atoms with Crippen molar-refractivity contribution in [2.45, 2.75) is 13.2 Å². The van der Waals surface area contributed by atoms with Crippen LogP contribution in [0.3, 0.4) is 0 Å². The van der Waals surface area contributed by atoms with Crippen LogP contribution < -0.4 is 9.47 Å². The Hall–Kier alpha value is -3.35. The molecule has 0 aliphatic rings. The number of ether oxygens (including phenoxy) is 2. The minimum atomic E-state index is -2.96. The summed E-state index contributed by atoms with van der Waals surface area (Å²) in [6, 6.07) is 15.1. The molecule has 28 heavy (non-hydrogen) atoms. The van der Waals surface area contributed by atoms with Gasteiger partial charge in [-0.15, -0.1) is 0 Å². The van der Waals surface area contributed by atoms with Gasteiger partial charge in [-0.2, -0.15) is 8.78 Å². The molecule has 0 heterocycles. The molecule has 0 saturated carbocycles. The predicted molar refractivity (Wildman–Crippen MR) is 101 cm³/mol. The van der Waals surface area contributed by atoms with Crippen molar-refractivity contribution in [1.82, 2.24) is 4.90 Å². The van der Waals surface area contributed by atoms with Crippen molar-refractivity contribution in [1.29, 1.82) is 0 Å². The Morgan fingerprint density at radius 2 is 1.75 bits per heavy atom. The molecule has 3 aromatic carbocycles. The first-order valence-corrected chi connectivity index (χ1v) is 8.48. The fourth-order valence-corrected chi connectivity index (χ4v) is 2.95. The molecule has 1 amide bonds. The van der Waals surface area contributed by atoms with Gasteiger partial charge in [0.2, 0.25) is 0 Å². The largest absolute Gasteiger partial charge is 0.507 e. The van der Waals surface area contributed by atoms with Gasteiger partial charge >= 0.3 is 6.61 Å². The van der Waals surface area contributed by atoms with E-state index in [1.165, 1.54) is 24.1 Å². The molecule has 0 bridgehead atoms. The number of methoxy groups -OCH3 is 1. The van der Waals surface area contributed by atoms with Crippen molar-refractivity contribution < 1.29 is 28.2 Å². The fraction of sp³-hybridized carbons (Fsp3) is 0.190. The van der Waals surface area contributed by atoms with Gasteiger partial charge in [-0.1, -0.05) is 30.3 Å². The number of fused-ring (bicyclic) bond motifs is 1. The zero-order valence-electron chi connectivity index (χ0n) is 15.4. The maximum absolute atomic E-state index is 12.8. The van der Waals surface area contributed by atoms with Crippen LogP contribution >= 0.6 is 0 Å². The van der Waals surface area contributed by atoms with Gasteiger partial charge in [-0.3, -0.25) is 4.79 Å². The molecule has 3 aromatic rings. The lowest BCUT2D eigenvalue weighted by molar-refractivity contribution is -0.0512. The highest BCUT2D eigenvalue weighted by atomic mass is 19.3. The highest BCUT2D eigenvalue weighted by Gasteiger charge is 2.18. The first kappa shape index (κ1) is 19.4. The standard InChI is InChI=1S/C21H19F2NO4/c1-24(12-13-7-8-18(28-21(22)23)19(9-13)27-2)20(26)16-10-14-5-3-4-6-15(14)11-17(16)25/h3-11,21,25H,12H2,1-2H3. The molecule has 0 spiro atoms. The van der Waals surface area contributed by atoms with Gasteiger partial charge in [0, 0.05) is 13.6 Å². The van der Waals surface area contributed by atoms with E-state index in [4.69, 9.17) is 4.74 Å². The number of aromatic hydroxyl groups is 1. The topological polar surface area (TPSA) is 59.0 Å². The highest BCUT2D eigenvalue weighted by Crippen LogP contribution is 2.30. The van der Waals surface area contributed by atoms with Gasteiger partial charge in [0.15, 0.2) is 11.5 Å². The third-order valence-corrected chi connectivity index (χ3v) is 4.30. The van der Waals surface area contributed by atoms with Crippen LogP contribution in [0.4, 0.5) is 8.78 Å². The van der Waals surface area contributed by atoms with Crippen molar-refractivity contribution in [3.8, 4) is 17.2 Å². The van der Waals surface area contributed by atoms with E-state index in [1.54, 1.807) is 25.2 Å². The molecule has 0 unspecified atom stereocenters. The molecule has 146 valence electrons. The molecule has 1 N–H and O–H groups in total. The highest BCUT2D eigenvalue weighted by molar-refractivity contribution is 6.01. The van der Waals surface area contributed by atoms with E-state index in [2.05, 4.69) is 4.74 Å². The number of phenolic OH excluding ortho intramolecular Hbond substituents is 1. The summed E-state index contributed by atoms with van der Waals surface area (Å²) in [4.78, 5) is 14.2. The SMILES string of the molecule is COc1cc(CN(C)C(=O)c2cc3ccccc3cc2O)ccc1OC(F)F. The summed E-state index contributed by atoms with van der Waals surface area (Å²) in [6.07, 6.45) is 0. The molecule has 0 radical (unpaired) electrons. The van der Waals surface area contributed by atoms with Crippen molar-refractivity contribution in [3.05, 3.63) is 65.7 Å². The van der Waals surface area contributed by atoms with Crippen LogP contribution in [0.5, 0.6) is 17.2 Å². The number of alkyl halides is 2. The molecule has 5 nitrogen and oxygen atoms in total. The number of amides is 1. The van der Waals surface area contributed by atoms with Crippen molar-refractivity contribution >= 4 is 16.7 Å². The quantitative estimate of drug-likeness (QED) is 0.680. The van der Waals surface area contributed by atoms with Gasteiger partial charge in [0.25, 0.3) is 5.91 Å². The van der Waals surface area contributed by atoms with E-state index < -0.39 is 6.61 Å². The number of benzene rings is 3. The molecule has 0 atom stereocenters. The van der Waals surface area contributed by atoms with Crippen LogP contribution in [0.15, 0.2) is 54.6 Å². The molecule has 0 aliphatic heterocycles. The Labute approximate surface area is 160 Å². The Morgan fingerprint density at radius 3 is 2.39 bits per heavy atom. The molecule has 0 aliphatic carbocycles. The lowest BCUT2D eigenvalue weighted by Gasteiger charge is -2.19. The number of phenols is 1. The zero-order valence-corrected chi connectivity index (χ0v) is 15.4. The second-order valence-corrected chi connectivity index (χ2v) is 6.24. The predicted octanol–water partition coefficient (Wildman–Crippen LogP) is 4.43. The van der Waals surface area contributed by atoms with Crippen LogP contribution in [0.25, 0.3) is 10.8 Å². The zero-order chi connectivity index (χ0) is 20.3. The first-order valence-electron chi connectivity index (χ1n) is 8.48. The fourth-order valence-electron chi connectivity index (χ4n) is 2.95. The summed E-state index contributed by atoms with van der Waals surface area (Å²) in [5.74, 6) is -0.404. The van der Waals surface area contributed by atoms with E-state index >= 15 is 0 Å². The third kappa shape index (κ3) is 4.14. The Bertz CT molecular complexity index is 1010. The summed E-state index contributed by atoms with van der Waals surface area (Å²) in [7, 11) is 2.94. The van der Waals surface area contributed by atoms with Crippen molar-refractivity contribution in [3.63, 3.8) is 0 Å². The third-order valence-electron chi connectivity index (χ3n) is 4.30. The smallest absolute Gasteiger partial charge is 0.387 e. The Morgan fingerprint density at radius 1 is 1.07 bits per heavy atom. The molecule has 0 aromatic heterocycles. The number of carbonyl (C=O) groups excluding carboxylic acids is 1. The molecule has 7 heteroatoms. The van der Waals surface area contributed by atoms with Crippen LogP contribution in [-0.4, -0.2) is 36.7 Å². The summed E-state index contributed by atoms with van der Waals surface area (Å²) in [5, 5.41) is 11.9. The van der Waals surface area contributed by atoms with Crippen molar-refractivity contribution in [2.24, 2.45) is 0 Å². The second-order valence-electron chi connectivity index (χ2n) is 6.24. The number of hydrogen-bond donors (Lipinski definition) is 1. The van der Waals surface area contributed by atoms with E-state index in [-0.39, 0.29) is 35.3 Å². The van der Waals surface area contributed by atoms with Gasteiger partial charge in [0.05, 0.1) is 12.7 Å². The summed E-state index contributed by atoms with van der Waals surface area (Å²) < 4.78 is 34.3. The summed E-state index contributed by atoms with van der Waals surface area (Å²) in [6.45, 7) is -2.77. The van der Waals surface area contributed by atoms with E-state index in [9.17, 15) is 18.7 Å². The van der Waals surface area contributed by atoms with Gasteiger partial charge in [0.1, 0.15) is 5.75 Å². The maximum Gasteiger partial charge on any atom is 0.387 e. The maximum atomic E-state index is 12.8. The Kier molecular flexibility index (Phi) is 5.63. The molecule has 0 saturated heterocycles. The number of carbonyl (C=O) groups is 1. The molecular formula is C21H19F2NO4. The second kappa shape index (κ2) is 8.12. The minimum absolute atomic E-state index is 0.0811. The van der Waals surface area contributed by atoms with Gasteiger partial charge in [-0.25, -0.2) is 0 Å². The van der Waals surface area contributed by atoms with Crippen LogP contribution in [0, 0.1) is 0 Å². The Balaban J connectivity index is 1.82. The van der Waals surface area contributed by atoms with E-state index in [0.717, 1.165) is 10.8 Å². The van der Waals surface area contributed by atoms with Crippen LogP contribution in [0.1, 0.15) is 15.9 Å².